The Morgan fingerprint density at radius 3 is 2.79 bits per heavy atom. The molecule has 0 aliphatic heterocycles. The predicted octanol–water partition coefficient (Wildman–Crippen LogP) is -0.0339. The van der Waals surface area contributed by atoms with E-state index in [-0.39, 0.29) is 5.75 Å². The van der Waals surface area contributed by atoms with Crippen molar-refractivity contribution in [3.8, 4) is 0 Å². The van der Waals surface area contributed by atoms with Gasteiger partial charge >= 0.3 is 0 Å². The van der Waals surface area contributed by atoms with Gasteiger partial charge in [-0.2, -0.15) is 0 Å². The average molecular weight is 218 g/mol. The van der Waals surface area contributed by atoms with Gasteiger partial charge in [-0.05, 0) is 18.6 Å². The highest BCUT2D eigenvalue weighted by atomic mass is 32.2. The Morgan fingerprint density at radius 1 is 1.57 bits per heavy atom. The first kappa shape index (κ1) is 11.2. The van der Waals surface area contributed by atoms with E-state index in [0.29, 0.717) is 13.1 Å². The van der Waals surface area contributed by atoms with Crippen LogP contribution in [0.5, 0.6) is 0 Å². The topological polar surface area (TPSA) is 85.3 Å². The van der Waals surface area contributed by atoms with Crippen molar-refractivity contribution >= 4 is 10.0 Å². The SMILES string of the molecule is Cc1ccoc1CNCCS(N)(=O)=O. The Balaban J connectivity index is 2.26. The number of sulfonamides is 1. The molecule has 0 amide bonds. The first-order valence-electron chi connectivity index (χ1n) is 4.23. The number of hydrogen-bond donors (Lipinski definition) is 2. The Morgan fingerprint density at radius 2 is 2.29 bits per heavy atom. The second-order valence-corrected chi connectivity index (χ2v) is 4.80. The smallest absolute Gasteiger partial charge is 0.210 e. The molecule has 0 aliphatic rings. The van der Waals surface area contributed by atoms with Crippen LogP contribution in [0.2, 0.25) is 0 Å². The molecule has 1 heterocycles. The van der Waals surface area contributed by atoms with Crippen molar-refractivity contribution in [2.75, 3.05) is 12.3 Å². The number of furan rings is 1. The van der Waals surface area contributed by atoms with Crippen molar-refractivity contribution in [3.05, 3.63) is 23.7 Å². The van der Waals surface area contributed by atoms with Crippen LogP contribution in [0, 0.1) is 6.92 Å². The fraction of sp³-hybridized carbons (Fsp3) is 0.500. The summed E-state index contributed by atoms with van der Waals surface area (Å²) in [4.78, 5) is 0. The van der Waals surface area contributed by atoms with Crippen LogP contribution >= 0.6 is 0 Å². The van der Waals surface area contributed by atoms with Gasteiger partial charge in [-0.1, -0.05) is 0 Å². The third-order valence-corrected chi connectivity index (χ3v) is 2.59. The lowest BCUT2D eigenvalue weighted by atomic mass is 10.3. The quantitative estimate of drug-likeness (QED) is 0.679. The van der Waals surface area contributed by atoms with Crippen molar-refractivity contribution in [2.24, 2.45) is 5.14 Å². The van der Waals surface area contributed by atoms with Gasteiger partial charge in [0.2, 0.25) is 10.0 Å². The molecule has 6 heteroatoms. The van der Waals surface area contributed by atoms with E-state index in [9.17, 15) is 8.42 Å². The van der Waals surface area contributed by atoms with Gasteiger partial charge in [0.1, 0.15) is 5.76 Å². The van der Waals surface area contributed by atoms with Crippen molar-refractivity contribution in [1.29, 1.82) is 0 Å². The maximum absolute atomic E-state index is 10.6. The molecule has 80 valence electrons. The minimum absolute atomic E-state index is 0.0627. The summed E-state index contributed by atoms with van der Waals surface area (Å²) in [5.41, 5.74) is 1.05. The molecule has 5 nitrogen and oxygen atoms in total. The van der Waals surface area contributed by atoms with Crippen LogP contribution in [0.25, 0.3) is 0 Å². The van der Waals surface area contributed by atoms with Crippen LogP contribution in [-0.2, 0) is 16.6 Å². The van der Waals surface area contributed by atoms with Gasteiger partial charge in [-0.15, -0.1) is 0 Å². The maximum atomic E-state index is 10.6. The van der Waals surface area contributed by atoms with E-state index in [1.807, 2.05) is 13.0 Å². The first-order chi connectivity index (χ1) is 6.49. The predicted molar refractivity (Wildman–Crippen MR) is 53.1 cm³/mol. The lowest BCUT2D eigenvalue weighted by Gasteiger charge is -2.01. The molecular weight excluding hydrogens is 204 g/mol. The van der Waals surface area contributed by atoms with Crippen LogP contribution < -0.4 is 10.5 Å². The van der Waals surface area contributed by atoms with Crippen LogP contribution in [0.3, 0.4) is 0 Å². The van der Waals surface area contributed by atoms with Crippen LogP contribution in [0.1, 0.15) is 11.3 Å². The zero-order chi connectivity index (χ0) is 10.6. The number of nitrogens with two attached hydrogens (primary N) is 1. The van der Waals surface area contributed by atoms with Gasteiger partial charge in [-0.25, -0.2) is 13.6 Å². The molecule has 1 aromatic rings. The lowest BCUT2D eigenvalue weighted by Crippen LogP contribution is -2.26. The first-order valence-corrected chi connectivity index (χ1v) is 5.95. The molecule has 0 spiro atoms. The lowest BCUT2D eigenvalue weighted by molar-refractivity contribution is 0.484. The summed E-state index contributed by atoms with van der Waals surface area (Å²) >= 11 is 0. The molecule has 1 aromatic heterocycles. The molecule has 1 rings (SSSR count). The van der Waals surface area contributed by atoms with Gasteiger partial charge < -0.3 is 9.73 Å². The molecule has 0 bridgehead atoms. The summed E-state index contributed by atoms with van der Waals surface area (Å²) < 4.78 is 26.3. The van der Waals surface area contributed by atoms with E-state index >= 15 is 0 Å². The molecule has 3 N–H and O–H groups in total. The van der Waals surface area contributed by atoms with Crippen LogP contribution in [0.4, 0.5) is 0 Å². The third kappa shape index (κ3) is 3.91. The van der Waals surface area contributed by atoms with Crippen LogP contribution in [0.15, 0.2) is 16.7 Å². The van der Waals surface area contributed by atoms with Gasteiger partial charge in [0.05, 0.1) is 18.6 Å². The summed E-state index contributed by atoms with van der Waals surface area (Å²) in [6.07, 6.45) is 1.60. The summed E-state index contributed by atoms with van der Waals surface area (Å²) in [5, 5.41) is 7.77. The molecule has 0 radical (unpaired) electrons. The fourth-order valence-corrected chi connectivity index (χ4v) is 1.43. The Hall–Kier alpha value is -0.850. The molecule has 0 fully saturated rings. The summed E-state index contributed by atoms with van der Waals surface area (Å²) in [6, 6.07) is 1.86. The normalized spacial score (nSPS) is 11.9. The van der Waals surface area contributed by atoms with Crippen molar-refractivity contribution < 1.29 is 12.8 Å². The minimum atomic E-state index is -3.37. The van der Waals surface area contributed by atoms with Gasteiger partial charge in [0.25, 0.3) is 0 Å². The van der Waals surface area contributed by atoms with Crippen molar-refractivity contribution in [2.45, 2.75) is 13.5 Å². The number of hydrogen-bond acceptors (Lipinski definition) is 4. The second kappa shape index (κ2) is 4.59. The van der Waals surface area contributed by atoms with E-state index in [1.54, 1.807) is 6.26 Å². The third-order valence-electron chi connectivity index (χ3n) is 1.82. The minimum Gasteiger partial charge on any atom is -0.468 e. The fourth-order valence-electron chi connectivity index (χ4n) is 1.00. The van der Waals surface area contributed by atoms with Crippen molar-refractivity contribution in [1.82, 2.24) is 5.32 Å². The molecule has 0 saturated carbocycles. The Labute approximate surface area is 83.3 Å². The highest BCUT2D eigenvalue weighted by Crippen LogP contribution is 2.07. The summed E-state index contributed by atoms with van der Waals surface area (Å²) in [7, 11) is -3.37. The highest BCUT2D eigenvalue weighted by molar-refractivity contribution is 7.89. The summed E-state index contributed by atoms with van der Waals surface area (Å²) in [5.74, 6) is 0.756. The van der Waals surface area contributed by atoms with Crippen molar-refractivity contribution in [3.63, 3.8) is 0 Å². The zero-order valence-corrected chi connectivity index (χ0v) is 8.80. The van der Waals surface area contributed by atoms with E-state index in [1.165, 1.54) is 0 Å². The zero-order valence-electron chi connectivity index (χ0n) is 7.99. The number of nitrogens with one attached hydrogen (secondary N) is 1. The van der Waals surface area contributed by atoms with Gasteiger partial charge in [0.15, 0.2) is 0 Å². The maximum Gasteiger partial charge on any atom is 0.210 e. The molecule has 0 aromatic carbocycles. The molecule has 0 aliphatic carbocycles. The number of primary sulfonamides is 1. The highest BCUT2D eigenvalue weighted by Gasteiger charge is 2.03. The van der Waals surface area contributed by atoms with Gasteiger partial charge in [0, 0.05) is 6.54 Å². The average Bonchev–Trinajstić information content (AvgIpc) is 2.44. The number of aryl methyl sites for hydroxylation is 1. The molecule has 0 saturated heterocycles. The van der Waals surface area contributed by atoms with E-state index < -0.39 is 10.0 Å². The Bertz CT molecular complexity index is 383. The van der Waals surface area contributed by atoms with E-state index in [4.69, 9.17) is 9.56 Å². The second-order valence-electron chi connectivity index (χ2n) is 3.07. The van der Waals surface area contributed by atoms with Gasteiger partial charge in [-0.3, -0.25) is 0 Å². The molecule has 0 atom stereocenters. The standard InChI is InChI=1S/C8H14N2O3S/c1-7-2-4-13-8(7)6-10-3-5-14(9,11)12/h2,4,10H,3,5-6H2,1H3,(H2,9,11,12). The van der Waals surface area contributed by atoms with E-state index in [0.717, 1.165) is 11.3 Å². The molecule has 0 unspecified atom stereocenters. The summed E-state index contributed by atoms with van der Waals surface area (Å²) in [6.45, 7) is 2.79. The van der Waals surface area contributed by atoms with E-state index in [2.05, 4.69) is 5.32 Å². The van der Waals surface area contributed by atoms with Crippen LogP contribution in [-0.4, -0.2) is 20.7 Å². The largest absolute Gasteiger partial charge is 0.468 e. The molecule has 14 heavy (non-hydrogen) atoms. The Kier molecular flexibility index (Phi) is 3.68. The number of rotatable bonds is 5. The monoisotopic (exact) mass is 218 g/mol. The molecular formula is C8H14N2O3S.